The molecule has 2 rings (SSSR count). The number of nitro groups is 1. The highest BCUT2D eigenvalue weighted by Crippen LogP contribution is 2.26. The number of anilines is 1. The minimum Gasteiger partial charge on any atom is -0.502 e. The van der Waals surface area contributed by atoms with Gasteiger partial charge < -0.3 is 15.2 Å². The first kappa shape index (κ1) is 14.3. The Balaban J connectivity index is 2.16. The van der Waals surface area contributed by atoms with Gasteiger partial charge in [-0.25, -0.2) is 0 Å². The predicted molar refractivity (Wildman–Crippen MR) is 75.7 cm³/mol. The van der Waals surface area contributed by atoms with E-state index in [1.807, 2.05) is 0 Å². The second-order valence-electron chi connectivity index (χ2n) is 4.14. The number of aromatic hydroxyl groups is 1. The molecule has 0 aliphatic heterocycles. The molecule has 0 saturated heterocycles. The van der Waals surface area contributed by atoms with Crippen LogP contribution in [0.1, 0.15) is 10.4 Å². The second-order valence-corrected chi connectivity index (χ2v) is 4.14. The molecule has 2 aromatic rings. The third-order valence-corrected chi connectivity index (χ3v) is 2.78. The van der Waals surface area contributed by atoms with E-state index in [4.69, 9.17) is 4.74 Å². The van der Waals surface area contributed by atoms with Crippen molar-refractivity contribution in [1.29, 1.82) is 0 Å². The van der Waals surface area contributed by atoms with Crippen LogP contribution in [0.3, 0.4) is 0 Å². The number of amides is 1. The van der Waals surface area contributed by atoms with Gasteiger partial charge in [-0.15, -0.1) is 0 Å². The summed E-state index contributed by atoms with van der Waals surface area (Å²) in [6, 6.07) is 10.1. The van der Waals surface area contributed by atoms with Gasteiger partial charge in [0, 0.05) is 17.3 Å². The van der Waals surface area contributed by atoms with Gasteiger partial charge in [-0.05, 0) is 36.4 Å². The van der Waals surface area contributed by atoms with Crippen LogP contribution in [-0.4, -0.2) is 23.0 Å². The molecule has 0 heterocycles. The topological polar surface area (TPSA) is 102 Å². The highest BCUT2D eigenvalue weighted by atomic mass is 16.6. The number of ether oxygens (including phenoxy) is 1. The molecular weight excluding hydrogens is 276 g/mol. The maximum atomic E-state index is 12.0. The molecule has 0 saturated carbocycles. The smallest absolute Gasteiger partial charge is 0.310 e. The largest absolute Gasteiger partial charge is 0.502 e. The quantitative estimate of drug-likeness (QED) is 0.665. The number of nitrogens with one attached hydrogen (secondary N) is 1. The van der Waals surface area contributed by atoms with Crippen molar-refractivity contribution in [3.05, 3.63) is 58.1 Å². The summed E-state index contributed by atoms with van der Waals surface area (Å²) in [7, 11) is 1.53. The molecule has 0 aliphatic rings. The highest BCUT2D eigenvalue weighted by Gasteiger charge is 2.16. The van der Waals surface area contributed by atoms with E-state index in [0.717, 1.165) is 12.1 Å². The minimum absolute atomic E-state index is 0.119. The van der Waals surface area contributed by atoms with Gasteiger partial charge in [0.1, 0.15) is 5.75 Å². The summed E-state index contributed by atoms with van der Waals surface area (Å²) in [5, 5.41) is 22.7. The normalized spacial score (nSPS) is 9.95. The Hall–Kier alpha value is -3.09. The summed E-state index contributed by atoms with van der Waals surface area (Å²) in [4.78, 5) is 21.8. The lowest BCUT2D eigenvalue weighted by molar-refractivity contribution is -0.385. The number of hydrogen-bond acceptors (Lipinski definition) is 5. The number of nitrogens with zero attached hydrogens (tertiary/aromatic N) is 1. The van der Waals surface area contributed by atoms with E-state index in [2.05, 4.69) is 5.32 Å². The molecule has 7 heteroatoms. The maximum absolute atomic E-state index is 12.0. The summed E-state index contributed by atoms with van der Waals surface area (Å²) in [5.74, 6) is -0.381. The highest BCUT2D eigenvalue weighted by molar-refractivity contribution is 6.04. The molecule has 2 N–H and O–H groups in total. The van der Waals surface area contributed by atoms with Gasteiger partial charge >= 0.3 is 5.69 Å². The standard InChI is InChI=1S/C14H12N2O5/c1-21-11-5-3-10(4-6-11)15-14(18)9-2-7-12(16(19)20)13(17)8-9/h2-8,17H,1H3,(H,15,18). The summed E-state index contributed by atoms with van der Waals surface area (Å²) in [6.07, 6.45) is 0. The summed E-state index contributed by atoms with van der Waals surface area (Å²) < 4.78 is 5.00. The first-order valence-electron chi connectivity index (χ1n) is 5.94. The number of phenolic OH excluding ortho intramolecular Hbond substituents is 1. The molecule has 0 spiro atoms. The Kier molecular flexibility index (Phi) is 4.03. The van der Waals surface area contributed by atoms with Crippen molar-refractivity contribution in [1.82, 2.24) is 0 Å². The molecule has 0 atom stereocenters. The Morgan fingerprint density at radius 3 is 2.43 bits per heavy atom. The third-order valence-electron chi connectivity index (χ3n) is 2.78. The summed E-state index contributed by atoms with van der Waals surface area (Å²) in [5.41, 5.74) is 0.212. The van der Waals surface area contributed by atoms with E-state index >= 15 is 0 Å². The van der Waals surface area contributed by atoms with Crippen molar-refractivity contribution in [3.63, 3.8) is 0 Å². The molecule has 1 amide bonds. The van der Waals surface area contributed by atoms with E-state index in [9.17, 15) is 20.0 Å². The Bertz CT molecular complexity index is 682. The summed E-state index contributed by atoms with van der Waals surface area (Å²) in [6.45, 7) is 0. The van der Waals surface area contributed by atoms with E-state index < -0.39 is 22.3 Å². The lowest BCUT2D eigenvalue weighted by atomic mass is 10.1. The zero-order valence-corrected chi connectivity index (χ0v) is 11.1. The molecule has 7 nitrogen and oxygen atoms in total. The number of hydrogen-bond donors (Lipinski definition) is 2. The number of nitro benzene ring substituents is 1. The molecule has 0 radical (unpaired) electrons. The van der Waals surface area contributed by atoms with Crippen LogP contribution in [0.5, 0.6) is 11.5 Å². The molecular formula is C14H12N2O5. The van der Waals surface area contributed by atoms with Crippen molar-refractivity contribution >= 4 is 17.3 Å². The van der Waals surface area contributed by atoms with Gasteiger partial charge in [0.05, 0.1) is 12.0 Å². The number of benzene rings is 2. The Morgan fingerprint density at radius 1 is 1.24 bits per heavy atom. The number of rotatable bonds is 4. The Labute approximate surface area is 119 Å². The fourth-order valence-electron chi connectivity index (χ4n) is 1.70. The van der Waals surface area contributed by atoms with Crippen LogP contribution in [0.2, 0.25) is 0 Å². The van der Waals surface area contributed by atoms with Crippen molar-refractivity contribution in [2.45, 2.75) is 0 Å². The molecule has 21 heavy (non-hydrogen) atoms. The first-order valence-corrected chi connectivity index (χ1v) is 5.94. The maximum Gasteiger partial charge on any atom is 0.310 e. The molecule has 0 aromatic heterocycles. The lowest BCUT2D eigenvalue weighted by Crippen LogP contribution is -2.11. The van der Waals surface area contributed by atoms with Gasteiger partial charge in [-0.3, -0.25) is 14.9 Å². The predicted octanol–water partition coefficient (Wildman–Crippen LogP) is 2.56. The number of carbonyl (C=O) groups excluding carboxylic acids is 1. The van der Waals surface area contributed by atoms with Crippen LogP contribution in [-0.2, 0) is 0 Å². The second kappa shape index (κ2) is 5.91. The van der Waals surface area contributed by atoms with Gasteiger partial charge in [0.25, 0.3) is 5.91 Å². The van der Waals surface area contributed by atoms with Gasteiger partial charge in [0.2, 0.25) is 0 Å². The van der Waals surface area contributed by atoms with Gasteiger partial charge in [0.15, 0.2) is 5.75 Å². The average Bonchev–Trinajstić information content (AvgIpc) is 2.47. The van der Waals surface area contributed by atoms with E-state index in [-0.39, 0.29) is 5.56 Å². The van der Waals surface area contributed by atoms with Crippen LogP contribution in [0.4, 0.5) is 11.4 Å². The Morgan fingerprint density at radius 2 is 1.90 bits per heavy atom. The van der Waals surface area contributed by atoms with Crippen molar-refractivity contribution < 1.29 is 19.6 Å². The van der Waals surface area contributed by atoms with E-state index in [1.54, 1.807) is 24.3 Å². The van der Waals surface area contributed by atoms with Crippen molar-refractivity contribution in [3.8, 4) is 11.5 Å². The molecule has 0 fully saturated rings. The number of carbonyl (C=O) groups is 1. The molecule has 0 aliphatic carbocycles. The molecule has 0 bridgehead atoms. The average molecular weight is 288 g/mol. The fraction of sp³-hybridized carbons (Fsp3) is 0.0714. The summed E-state index contributed by atoms with van der Waals surface area (Å²) >= 11 is 0. The molecule has 0 unspecified atom stereocenters. The lowest BCUT2D eigenvalue weighted by Gasteiger charge is -2.06. The van der Waals surface area contributed by atoms with E-state index in [1.165, 1.54) is 13.2 Å². The van der Waals surface area contributed by atoms with Crippen molar-refractivity contribution in [2.24, 2.45) is 0 Å². The molecule has 2 aromatic carbocycles. The van der Waals surface area contributed by atoms with Crippen LogP contribution >= 0.6 is 0 Å². The van der Waals surface area contributed by atoms with Crippen LogP contribution in [0, 0.1) is 10.1 Å². The third kappa shape index (κ3) is 3.27. The van der Waals surface area contributed by atoms with Crippen LogP contribution in [0.15, 0.2) is 42.5 Å². The van der Waals surface area contributed by atoms with Crippen molar-refractivity contribution in [2.75, 3.05) is 12.4 Å². The minimum atomic E-state index is -0.722. The number of methoxy groups -OCH3 is 1. The van der Waals surface area contributed by atoms with Gasteiger partial charge in [-0.2, -0.15) is 0 Å². The van der Waals surface area contributed by atoms with Crippen LogP contribution < -0.4 is 10.1 Å². The molecule has 108 valence electrons. The SMILES string of the molecule is COc1ccc(NC(=O)c2ccc([N+](=O)[O-])c(O)c2)cc1. The van der Waals surface area contributed by atoms with Gasteiger partial charge in [-0.1, -0.05) is 0 Å². The fourth-order valence-corrected chi connectivity index (χ4v) is 1.70. The zero-order valence-electron chi connectivity index (χ0n) is 11.1. The van der Waals surface area contributed by atoms with Crippen LogP contribution in [0.25, 0.3) is 0 Å². The monoisotopic (exact) mass is 288 g/mol. The number of phenols is 1. The van der Waals surface area contributed by atoms with E-state index in [0.29, 0.717) is 11.4 Å². The first-order chi connectivity index (χ1) is 10.0. The zero-order chi connectivity index (χ0) is 15.4.